The molecule has 1 aromatic carbocycles. The molecule has 25 heavy (non-hydrogen) atoms. The number of alkyl halides is 3. The van der Waals surface area contributed by atoms with Crippen molar-refractivity contribution in [2.24, 2.45) is 5.92 Å². The van der Waals surface area contributed by atoms with Crippen molar-refractivity contribution in [3.8, 4) is 0 Å². The summed E-state index contributed by atoms with van der Waals surface area (Å²) < 4.78 is 39.2. The SMILES string of the molecule is CC(C)[C@H](NCc1cnn(Cc2ccc(C(F)(F)F)cc2)c1)C(=O)O. The van der Waals surface area contributed by atoms with Crippen LogP contribution in [0, 0.1) is 5.92 Å². The second-order valence-corrected chi connectivity index (χ2v) is 6.18. The maximum absolute atomic E-state index is 12.5. The third-order valence-corrected chi connectivity index (χ3v) is 3.77. The molecule has 1 aromatic heterocycles. The monoisotopic (exact) mass is 355 g/mol. The number of carboxylic acids is 1. The highest BCUT2D eigenvalue weighted by atomic mass is 19.4. The minimum absolute atomic E-state index is 0.0558. The van der Waals surface area contributed by atoms with Gasteiger partial charge < -0.3 is 5.11 Å². The van der Waals surface area contributed by atoms with Gasteiger partial charge in [0.25, 0.3) is 0 Å². The molecule has 2 aromatic rings. The first-order chi connectivity index (χ1) is 11.7. The summed E-state index contributed by atoms with van der Waals surface area (Å²) in [6, 6.07) is 4.27. The summed E-state index contributed by atoms with van der Waals surface area (Å²) >= 11 is 0. The molecule has 0 aliphatic carbocycles. The molecule has 0 bridgehead atoms. The van der Waals surface area contributed by atoms with E-state index in [1.807, 2.05) is 13.8 Å². The topological polar surface area (TPSA) is 67.2 Å². The van der Waals surface area contributed by atoms with Crippen molar-refractivity contribution in [1.29, 1.82) is 0 Å². The van der Waals surface area contributed by atoms with E-state index in [0.717, 1.165) is 17.7 Å². The van der Waals surface area contributed by atoms with E-state index >= 15 is 0 Å². The molecule has 136 valence electrons. The molecule has 0 unspecified atom stereocenters. The number of nitrogens with one attached hydrogen (secondary N) is 1. The number of carboxylic acid groups (broad SMARTS) is 1. The maximum Gasteiger partial charge on any atom is 0.416 e. The Morgan fingerprint density at radius 3 is 2.40 bits per heavy atom. The lowest BCUT2D eigenvalue weighted by Gasteiger charge is -2.17. The summed E-state index contributed by atoms with van der Waals surface area (Å²) in [6.45, 7) is 4.33. The summed E-state index contributed by atoms with van der Waals surface area (Å²) in [5.74, 6) is -0.966. The second-order valence-electron chi connectivity index (χ2n) is 6.18. The van der Waals surface area contributed by atoms with E-state index < -0.39 is 23.8 Å². The third-order valence-electron chi connectivity index (χ3n) is 3.77. The maximum atomic E-state index is 12.5. The van der Waals surface area contributed by atoms with E-state index in [1.165, 1.54) is 12.1 Å². The van der Waals surface area contributed by atoms with E-state index in [2.05, 4.69) is 10.4 Å². The summed E-state index contributed by atoms with van der Waals surface area (Å²) in [4.78, 5) is 11.1. The van der Waals surface area contributed by atoms with Crippen LogP contribution >= 0.6 is 0 Å². The molecule has 0 fully saturated rings. The molecule has 0 aliphatic heterocycles. The first-order valence-electron chi connectivity index (χ1n) is 7.80. The minimum atomic E-state index is -4.35. The fourth-order valence-corrected chi connectivity index (χ4v) is 2.41. The average molecular weight is 355 g/mol. The molecular formula is C17H20F3N3O2. The predicted octanol–water partition coefficient (Wildman–Crippen LogP) is 3.15. The van der Waals surface area contributed by atoms with Crippen LogP contribution in [0.25, 0.3) is 0 Å². The smallest absolute Gasteiger partial charge is 0.416 e. The number of benzene rings is 1. The van der Waals surface area contributed by atoms with E-state index in [0.29, 0.717) is 18.7 Å². The van der Waals surface area contributed by atoms with Crippen LogP contribution in [0.2, 0.25) is 0 Å². The number of nitrogens with zero attached hydrogens (tertiary/aromatic N) is 2. The lowest BCUT2D eigenvalue weighted by molar-refractivity contribution is -0.140. The number of halogens is 3. The molecule has 0 aliphatic rings. The molecule has 2 N–H and O–H groups in total. The average Bonchev–Trinajstić information content (AvgIpc) is 2.94. The van der Waals surface area contributed by atoms with Crippen LogP contribution in [-0.4, -0.2) is 26.9 Å². The van der Waals surface area contributed by atoms with Crippen molar-refractivity contribution in [1.82, 2.24) is 15.1 Å². The normalized spacial score (nSPS) is 13.2. The largest absolute Gasteiger partial charge is 0.480 e. The van der Waals surface area contributed by atoms with Gasteiger partial charge in [0.2, 0.25) is 0 Å². The number of carbonyl (C=O) groups is 1. The van der Waals surface area contributed by atoms with Gasteiger partial charge in [0.15, 0.2) is 0 Å². The fourth-order valence-electron chi connectivity index (χ4n) is 2.41. The molecule has 0 radical (unpaired) electrons. The van der Waals surface area contributed by atoms with Crippen molar-refractivity contribution in [2.45, 2.75) is 39.2 Å². The zero-order valence-corrected chi connectivity index (χ0v) is 13.9. The van der Waals surface area contributed by atoms with Gasteiger partial charge in [-0.2, -0.15) is 18.3 Å². The Morgan fingerprint density at radius 1 is 1.24 bits per heavy atom. The highest BCUT2D eigenvalue weighted by Crippen LogP contribution is 2.29. The van der Waals surface area contributed by atoms with Gasteiger partial charge in [0.1, 0.15) is 6.04 Å². The van der Waals surface area contributed by atoms with Gasteiger partial charge in [-0.25, -0.2) is 0 Å². The van der Waals surface area contributed by atoms with Gasteiger partial charge in [0.05, 0.1) is 18.3 Å². The predicted molar refractivity (Wildman–Crippen MR) is 85.9 cm³/mol. The molecule has 0 saturated heterocycles. The van der Waals surface area contributed by atoms with E-state index in [9.17, 15) is 18.0 Å². The lowest BCUT2D eigenvalue weighted by Crippen LogP contribution is -2.40. The van der Waals surface area contributed by atoms with Gasteiger partial charge in [-0.3, -0.25) is 14.8 Å². The van der Waals surface area contributed by atoms with Crippen LogP contribution in [-0.2, 0) is 24.1 Å². The first kappa shape index (κ1) is 19.0. The Hall–Kier alpha value is -2.35. The fraction of sp³-hybridized carbons (Fsp3) is 0.412. The number of rotatable bonds is 7. The van der Waals surface area contributed by atoms with Crippen LogP contribution in [0.1, 0.15) is 30.5 Å². The molecule has 0 amide bonds. The Bertz CT molecular complexity index is 709. The standard InChI is InChI=1S/C17H20F3N3O2/c1-11(2)15(16(24)25)21-7-13-8-22-23(10-13)9-12-3-5-14(6-4-12)17(18,19)20/h3-6,8,10-11,15,21H,7,9H2,1-2H3,(H,24,25)/t15-/m0/s1. The Kier molecular flexibility index (Phi) is 5.84. The molecule has 8 heteroatoms. The molecule has 1 atom stereocenters. The molecule has 5 nitrogen and oxygen atoms in total. The number of hydrogen-bond acceptors (Lipinski definition) is 3. The van der Waals surface area contributed by atoms with Crippen molar-refractivity contribution >= 4 is 5.97 Å². The highest BCUT2D eigenvalue weighted by Gasteiger charge is 2.29. The van der Waals surface area contributed by atoms with Crippen LogP contribution in [0.5, 0.6) is 0 Å². The van der Waals surface area contributed by atoms with Gasteiger partial charge >= 0.3 is 12.1 Å². The molecule has 0 spiro atoms. The van der Waals surface area contributed by atoms with Crippen LogP contribution < -0.4 is 5.32 Å². The summed E-state index contributed by atoms with van der Waals surface area (Å²) in [6.07, 6.45) is -1.000. The van der Waals surface area contributed by atoms with Crippen LogP contribution in [0.15, 0.2) is 36.7 Å². The zero-order valence-electron chi connectivity index (χ0n) is 13.9. The third kappa shape index (κ3) is 5.32. The Labute approximate surface area is 143 Å². The van der Waals surface area contributed by atoms with Crippen LogP contribution in [0.4, 0.5) is 13.2 Å². The molecular weight excluding hydrogens is 335 g/mol. The molecule has 1 heterocycles. The number of aromatic nitrogens is 2. The van der Waals surface area contributed by atoms with Crippen molar-refractivity contribution in [3.05, 3.63) is 53.3 Å². The van der Waals surface area contributed by atoms with E-state index in [1.54, 1.807) is 17.1 Å². The summed E-state index contributed by atoms with van der Waals surface area (Å²) in [5, 5.41) is 16.3. The number of aliphatic carboxylic acids is 1. The molecule has 0 saturated carbocycles. The van der Waals surface area contributed by atoms with E-state index in [-0.39, 0.29) is 5.92 Å². The van der Waals surface area contributed by atoms with Crippen molar-refractivity contribution in [3.63, 3.8) is 0 Å². The second kappa shape index (κ2) is 7.69. The summed E-state index contributed by atoms with van der Waals surface area (Å²) in [7, 11) is 0. The first-order valence-corrected chi connectivity index (χ1v) is 7.80. The van der Waals surface area contributed by atoms with Crippen molar-refractivity contribution < 1.29 is 23.1 Å². The van der Waals surface area contributed by atoms with E-state index in [4.69, 9.17) is 5.11 Å². The van der Waals surface area contributed by atoms with Gasteiger partial charge in [-0.1, -0.05) is 26.0 Å². The minimum Gasteiger partial charge on any atom is -0.480 e. The number of hydrogen-bond donors (Lipinski definition) is 2. The molecule has 2 rings (SSSR count). The highest BCUT2D eigenvalue weighted by molar-refractivity contribution is 5.73. The zero-order chi connectivity index (χ0) is 18.6. The van der Waals surface area contributed by atoms with Gasteiger partial charge in [-0.05, 0) is 23.6 Å². The van der Waals surface area contributed by atoms with Gasteiger partial charge in [-0.15, -0.1) is 0 Å². The quantitative estimate of drug-likeness (QED) is 0.801. The summed E-state index contributed by atoms with van der Waals surface area (Å²) in [5.41, 5.74) is 0.815. The van der Waals surface area contributed by atoms with Crippen LogP contribution in [0.3, 0.4) is 0 Å². The lowest BCUT2D eigenvalue weighted by atomic mass is 10.0. The Balaban J connectivity index is 1.96. The van der Waals surface area contributed by atoms with Gasteiger partial charge in [0, 0.05) is 18.3 Å². The van der Waals surface area contributed by atoms with Crippen molar-refractivity contribution in [2.75, 3.05) is 0 Å². The Morgan fingerprint density at radius 2 is 1.88 bits per heavy atom.